The first-order chi connectivity index (χ1) is 15.5. The zero-order valence-electron chi connectivity index (χ0n) is 18.3. The predicted octanol–water partition coefficient (Wildman–Crippen LogP) is 3.22. The third kappa shape index (κ3) is 5.30. The van der Waals surface area contributed by atoms with Crippen molar-refractivity contribution in [2.45, 2.75) is 19.5 Å². The summed E-state index contributed by atoms with van der Waals surface area (Å²) in [5.41, 5.74) is 7.78. The molecule has 0 spiro atoms. The van der Waals surface area contributed by atoms with Crippen molar-refractivity contribution in [3.8, 4) is 5.75 Å². The number of nitrogen functional groups attached to an aromatic ring is 1. The zero-order chi connectivity index (χ0) is 22.5. The van der Waals surface area contributed by atoms with Crippen molar-refractivity contribution in [1.29, 1.82) is 0 Å². The highest BCUT2D eigenvalue weighted by molar-refractivity contribution is 5.53. The second-order valence-corrected chi connectivity index (χ2v) is 7.82. The van der Waals surface area contributed by atoms with E-state index in [9.17, 15) is 4.39 Å². The van der Waals surface area contributed by atoms with E-state index >= 15 is 0 Å². The van der Waals surface area contributed by atoms with Crippen LogP contribution in [0.1, 0.15) is 24.4 Å². The topological polar surface area (TPSA) is 92.4 Å². The third-order valence-electron chi connectivity index (χ3n) is 5.65. The van der Waals surface area contributed by atoms with Crippen LogP contribution in [-0.4, -0.2) is 58.0 Å². The Morgan fingerprint density at radius 1 is 1.06 bits per heavy atom. The summed E-state index contributed by atoms with van der Waals surface area (Å²) in [4.78, 5) is 17.8. The van der Waals surface area contributed by atoms with Crippen molar-refractivity contribution in [3.05, 3.63) is 65.7 Å². The number of nitrogens with one attached hydrogen (secondary N) is 1. The number of nitrogens with two attached hydrogens (primary N) is 1. The number of aromatic nitrogens is 3. The average molecular weight is 438 g/mol. The number of ether oxygens (including phenoxy) is 1. The largest absolute Gasteiger partial charge is 0.494 e. The molecule has 32 heavy (non-hydrogen) atoms. The van der Waals surface area contributed by atoms with E-state index in [1.807, 2.05) is 36.4 Å². The lowest BCUT2D eigenvalue weighted by atomic mass is 10.1. The third-order valence-corrected chi connectivity index (χ3v) is 5.65. The van der Waals surface area contributed by atoms with Gasteiger partial charge < -0.3 is 15.8 Å². The molecule has 8 nitrogen and oxygen atoms in total. The van der Waals surface area contributed by atoms with E-state index in [2.05, 4.69) is 37.0 Å². The molecule has 1 atom stereocenters. The van der Waals surface area contributed by atoms with Crippen molar-refractivity contribution in [3.63, 3.8) is 0 Å². The van der Waals surface area contributed by atoms with Crippen LogP contribution in [0.15, 0.2) is 48.5 Å². The number of anilines is 3. The molecule has 1 fully saturated rings. The molecule has 3 N–H and O–H groups in total. The molecule has 0 aliphatic carbocycles. The number of para-hydroxylation sites is 1. The van der Waals surface area contributed by atoms with Gasteiger partial charge in [-0.3, -0.25) is 9.80 Å². The lowest BCUT2D eigenvalue weighted by Gasteiger charge is -2.37. The van der Waals surface area contributed by atoms with Gasteiger partial charge in [0.05, 0.1) is 13.2 Å². The van der Waals surface area contributed by atoms with Crippen LogP contribution < -0.4 is 15.8 Å². The minimum atomic E-state index is -0.329. The molecule has 1 aromatic heterocycles. The SMILES string of the molecule is COc1ccc(CN2CCN([C@H](C)c3nc(N)nc(Nc4ccccc4)n3)CC2)cc1F. The van der Waals surface area contributed by atoms with Gasteiger partial charge >= 0.3 is 0 Å². The number of rotatable bonds is 7. The summed E-state index contributed by atoms with van der Waals surface area (Å²) >= 11 is 0. The Bertz CT molecular complexity index is 1040. The standard InChI is InChI=1S/C23H28FN7O/c1-16(21-27-22(25)29-23(28-21)26-18-6-4-3-5-7-18)31-12-10-30(11-13-31)15-17-8-9-20(32-2)19(24)14-17/h3-9,14,16H,10-13,15H2,1-2H3,(H3,25,26,27,28,29)/t16-/m1/s1. The second kappa shape index (κ2) is 9.88. The highest BCUT2D eigenvalue weighted by Crippen LogP contribution is 2.23. The second-order valence-electron chi connectivity index (χ2n) is 7.82. The molecular formula is C23H28FN7O. The maximum atomic E-state index is 14.0. The molecule has 0 saturated carbocycles. The molecule has 0 radical (unpaired) electrons. The van der Waals surface area contributed by atoms with Crippen molar-refractivity contribution >= 4 is 17.6 Å². The monoisotopic (exact) mass is 437 g/mol. The zero-order valence-corrected chi connectivity index (χ0v) is 18.3. The molecule has 0 unspecified atom stereocenters. The molecule has 1 aliphatic rings. The van der Waals surface area contributed by atoms with E-state index in [4.69, 9.17) is 10.5 Å². The predicted molar refractivity (Wildman–Crippen MR) is 122 cm³/mol. The first-order valence-corrected chi connectivity index (χ1v) is 10.6. The summed E-state index contributed by atoms with van der Waals surface area (Å²) in [5, 5.41) is 3.18. The van der Waals surface area contributed by atoms with Crippen LogP contribution in [0.5, 0.6) is 5.75 Å². The molecule has 3 aromatic rings. The Balaban J connectivity index is 1.37. The molecule has 0 bridgehead atoms. The quantitative estimate of drug-likeness (QED) is 0.582. The van der Waals surface area contributed by atoms with Crippen LogP contribution in [0.4, 0.5) is 22.0 Å². The summed E-state index contributed by atoms with van der Waals surface area (Å²) in [5.74, 6) is 1.21. The van der Waals surface area contributed by atoms with E-state index in [0.717, 1.165) is 37.4 Å². The van der Waals surface area contributed by atoms with E-state index < -0.39 is 0 Å². The van der Waals surface area contributed by atoms with Crippen molar-refractivity contribution in [2.24, 2.45) is 0 Å². The summed E-state index contributed by atoms with van der Waals surface area (Å²) in [7, 11) is 1.47. The average Bonchev–Trinajstić information content (AvgIpc) is 2.79. The highest BCUT2D eigenvalue weighted by Gasteiger charge is 2.25. The molecule has 2 heterocycles. The number of piperazine rings is 1. The lowest BCUT2D eigenvalue weighted by Crippen LogP contribution is -2.47. The smallest absolute Gasteiger partial charge is 0.232 e. The molecular weight excluding hydrogens is 409 g/mol. The minimum absolute atomic E-state index is 0.00259. The fourth-order valence-electron chi connectivity index (χ4n) is 3.84. The Labute approximate surface area is 187 Å². The maximum absolute atomic E-state index is 14.0. The molecule has 1 aliphatic heterocycles. The maximum Gasteiger partial charge on any atom is 0.232 e. The number of benzene rings is 2. The van der Waals surface area contributed by atoms with Crippen LogP contribution in [-0.2, 0) is 6.54 Å². The van der Waals surface area contributed by atoms with Gasteiger partial charge in [-0.25, -0.2) is 4.39 Å². The van der Waals surface area contributed by atoms with Crippen molar-refractivity contribution in [1.82, 2.24) is 24.8 Å². The van der Waals surface area contributed by atoms with Gasteiger partial charge in [0, 0.05) is 38.4 Å². The molecule has 1 saturated heterocycles. The molecule has 9 heteroatoms. The fourth-order valence-corrected chi connectivity index (χ4v) is 3.84. The van der Waals surface area contributed by atoms with Crippen molar-refractivity contribution in [2.75, 3.05) is 44.3 Å². The normalized spacial score (nSPS) is 16.0. The van der Waals surface area contributed by atoms with Crippen LogP contribution in [0.3, 0.4) is 0 Å². The Hall–Kier alpha value is -3.30. The lowest BCUT2D eigenvalue weighted by molar-refractivity contribution is 0.0947. The Morgan fingerprint density at radius 3 is 2.50 bits per heavy atom. The van der Waals surface area contributed by atoms with Crippen LogP contribution >= 0.6 is 0 Å². The van der Waals surface area contributed by atoms with Crippen LogP contribution in [0, 0.1) is 5.82 Å². The van der Waals surface area contributed by atoms with E-state index in [1.54, 1.807) is 12.1 Å². The van der Waals surface area contributed by atoms with E-state index in [0.29, 0.717) is 18.3 Å². The highest BCUT2D eigenvalue weighted by atomic mass is 19.1. The molecule has 4 rings (SSSR count). The summed E-state index contributed by atoms with van der Waals surface area (Å²) in [6.45, 7) is 6.23. The number of nitrogens with zero attached hydrogens (tertiary/aromatic N) is 5. The van der Waals surface area contributed by atoms with Gasteiger partial charge in [0.15, 0.2) is 17.4 Å². The molecule has 168 valence electrons. The van der Waals surface area contributed by atoms with Gasteiger partial charge in [-0.15, -0.1) is 0 Å². The summed E-state index contributed by atoms with van der Waals surface area (Å²) in [6.07, 6.45) is 0. The molecule has 0 amide bonds. The first kappa shape index (κ1) is 21.9. The Morgan fingerprint density at radius 2 is 1.81 bits per heavy atom. The number of hydrogen-bond donors (Lipinski definition) is 2. The first-order valence-electron chi connectivity index (χ1n) is 10.6. The van der Waals surface area contributed by atoms with E-state index in [-0.39, 0.29) is 23.6 Å². The van der Waals surface area contributed by atoms with Gasteiger partial charge in [-0.2, -0.15) is 15.0 Å². The van der Waals surface area contributed by atoms with Crippen LogP contribution in [0.25, 0.3) is 0 Å². The fraction of sp³-hybridized carbons (Fsp3) is 0.348. The Kier molecular flexibility index (Phi) is 6.77. The van der Waals surface area contributed by atoms with Gasteiger partial charge in [-0.05, 0) is 36.8 Å². The van der Waals surface area contributed by atoms with Crippen LogP contribution in [0.2, 0.25) is 0 Å². The van der Waals surface area contributed by atoms with E-state index in [1.165, 1.54) is 7.11 Å². The summed E-state index contributed by atoms with van der Waals surface area (Å²) < 4.78 is 19.0. The minimum Gasteiger partial charge on any atom is -0.494 e. The number of methoxy groups -OCH3 is 1. The van der Waals surface area contributed by atoms with Gasteiger partial charge in [0.25, 0.3) is 0 Å². The van der Waals surface area contributed by atoms with Gasteiger partial charge in [0.1, 0.15) is 0 Å². The van der Waals surface area contributed by atoms with Gasteiger partial charge in [-0.1, -0.05) is 24.3 Å². The summed E-state index contributed by atoms with van der Waals surface area (Å²) in [6, 6.07) is 14.8. The number of halogens is 1. The van der Waals surface area contributed by atoms with Gasteiger partial charge in [0.2, 0.25) is 11.9 Å². The molecule has 2 aromatic carbocycles. The number of hydrogen-bond acceptors (Lipinski definition) is 8. The van der Waals surface area contributed by atoms with Crippen molar-refractivity contribution < 1.29 is 9.13 Å².